The lowest BCUT2D eigenvalue weighted by Gasteiger charge is -2.29. The van der Waals surface area contributed by atoms with E-state index in [4.69, 9.17) is 5.11 Å². The quantitative estimate of drug-likeness (QED) is 0.638. The first-order chi connectivity index (χ1) is 8.99. The van der Waals surface area contributed by atoms with Gasteiger partial charge in [-0.2, -0.15) is 13.2 Å². The number of anilines is 1. The first-order valence-electron chi connectivity index (χ1n) is 5.01. The molecule has 20 heavy (non-hydrogen) atoms. The molecule has 0 bridgehead atoms. The van der Waals surface area contributed by atoms with E-state index in [1.807, 2.05) is 0 Å². The number of aliphatic carboxylic acids is 1. The van der Waals surface area contributed by atoms with Crippen molar-refractivity contribution in [3.63, 3.8) is 0 Å². The standard InChI is InChI=1S/C10H8BrF3N2O4/c1-9(8(17)18,10(12,13)14)15-6-3-2-5(11)4-7(6)16(19)20/h2-4,15H,1H3,(H,17,18). The van der Waals surface area contributed by atoms with Crippen molar-refractivity contribution < 1.29 is 28.0 Å². The van der Waals surface area contributed by atoms with Gasteiger partial charge in [-0.1, -0.05) is 15.9 Å². The van der Waals surface area contributed by atoms with Crippen LogP contribution in [0.2, 0.25) is 0 Å². The minimum Gasteiger partial charge on any atom is -0.479 e. The van der Waals surface area contributed by atoms with Gasteiger partial charge in [0, 0.05) is 10.5 Å². The zero-order valence-corrected chi connectivity index (χ0v) is 11.4. The predicted octanol–water partition coefficient (Wildman–Crippen LogP) is 3.17. The van der Waals surface area contributed by atoms with Crippen LogP contribution in [0.1, 0.15) is 6.92 Å². The minimum atomic E-state index is -5.14. The zero-order valence-electron chi connectivity index (χ0n) is 9.86. The summed E-state index contributed by atoms with van der Waals surface area (Å²) >= 11 is 2.94. The maximum absolute atomic E-state index is 12.8. The molecule has 0 aliphatic rings. The van der Waals surface area contributed by atoms with Gasteiger partial charge in [0.05, 0.1) is 4.92 Å². The SMILES string of the molecule is CC(Nc1ccc(Br)cc1[N+](=O)[O-])(C(=O)O)C(F)(F)F. The Kier molecular flexibility index (Phi) is 4.27. The highest BCUT2D eigenvalue weighted by Crippen LogP contribution is 2.37. The van der Waals surface area contributed by atoms with Crippen molar-refractivity contribution in [3.8, 4) is 0 Å². The molecule has 10 heteroatoms. The second-order valence-electron chi connectivity index (χ2n) is 3.97. The van der Waals surface area contributed by atoms with E-state index >= 15 is 0 Å². The summed E-state index contributed by atoms with van der Waals surface area (Å²) in [6.45, 7) is 0.390. The number of rotatable bonds is 4. The van der Waals surface area contributed by atoms with E-state index in [0.717, 1.165) is 12.1 Å². The van der Waals surface area contributed by atoms with E-state index in [0.29, 0.717) is 6.92 Å². The Balaban J connectivity index is 3.33. The zero-order chi connectivity index (χ0) is 15.7. The van der Waals surface area contributed by atoms with Gasteiger partial charge in [0.2, 0.25) is 5.54 Å². The first-order valence-corrected chi connectivity index (χ1v) is 5.80. The molecule has 1 atom stereocenters. The van der Waals surface area contributed by atoms with Crippen molar-refractivity contribution in [1.82, 2.24) is 0 Å². The number of benzene rings is 1. The molecule has 6 nitrogen and oxygen atoms in total. The van der Waals surface area contributed by atoms with Gasteiger partial charge in [0.25, 0.3) is 5.69 Å². The Morgan fingerprint density at radius 3 is 2.40 bits per heavy atom. The summed E-state index contributed by atoms with van der Waals surface area (Å²) in [5.74, 6) is -2.19. The molecule has 2 N–H and O–H groups in total. The van der Waals surface area contributed by atoms with Crippen LogP contribution in [0.3, 0.4) is 0 Å². The third-order valence-electron chi connectivity index (χ3n) is 2.54. The second kappa shape index (κ2) is 5.27. The number of nitro groups is 1. The van der Waals surface area contributed by atoms with E-state index in [2.05, 4.69) is 15.9 Å². The van der Waals surface area contributed by atoms with Crippen molar-refractivity contribution in [1.29, 1.82) is 0 Å². The van der Waals surface area contributed by atoms with Crippen LogP contribution in [0.25, 0.3) is 0 Å². The molecule has 1 unspecified atom stereocenters. The number of alkyl halides is 3. The van der Waals surface area contributed by atoms with Crippen LogP contribution in [-0.2, 0) is 4.79 Å². The fraction of sp³-hybridized carbons (Fsp3) is 0.300. The van der Waals surface area contributed by atoms with Crippen molar-refractivity contribution in [2.24, 2.45) is 0 Å². The summed E-state index contributed by atoms with van der Waals surface area (Å²) in [7, 11) is 0. The van der Waals surface area contributed by atoms with Gasteiger partial charge in [-0.25, -0.2) is 4.79 Å². The van der Waals surface area contributed by atoms with Crippen LogP contribution >= 0.6 is 15.9 Å². The molecule has 0 radical (unpaired) electrons. The number of carboxylic acids is 1. The Morgan fingerprint density at radius 1 is 1.45 bits per heavy atom. The highest BCUT2D eigenvalue weighted by molar-refractivity contribution is 9.10. The van der Waals surface area contributed by atoms with E-state index < -0.39 is 34.0 Å². The number of nitro benzene ring substituents is 1. The number of nitrogens with zero attached hydrogens (tertiary/aromatic N) is 1. The van der Waals surface area contributed by atoms with Crippen molar-refractivity contribution in [3.05, 3.63) is 32.8 Å². The van der Waals surface area contributed by atoms with Crippen molar-refractivity contribution in [2.75, 3.05) is 5.32 Å². The average Bonchev–Trinajstić information content (AvgIpc) is 2.29. The molecule has 1 aromatic carbocycles. The van der Waals surface area contributed by atoms with Gasteiger partial charge >= 0.3 is 12.1 Å². The fourth-order valence-corrected chi connectivity index (χ4v) is 1.63. The highest BCUT2D eigenvalue weighted by Gasteiger charge is 2.58. The second-order valence-corrected chi connectivity index (χ2v) is 4.89. The van der Waals surface area contributed by atoms with Gasteiger partial charge in [0.1, 0.15) is 5.69 Å². The monoisotopic (exact) mass is 356 g/mol. The topological polar surface area (TPSA) is 92.5 Å². The molecule has 0 aliphatic heterocycles. The molecule has 0 aliphatic carbocycles. The number of hydrogen-bond acceptors (Lipinski definition) is 4. The third-order valence-corrected chi connectivity index (χ3v) is 3.03. The molecule has 1 aromatic rings. The summed E-state index contributed by atoms with van der Waals surface area (Å²) in [5, 5.41) is 21.2. The van der Waals surface area contributed by atoms with Gasteiger partial charge < -0.3 is 10.4 Å². The van der Waals surface area contributed by atoms with Gasteiger partial charge in [-0.05, 0) is 19.1 Å². The van der Waals surface area contributed by atoms with Gasteiger partial charge in [-0.3, -0.25) is 10.1 Å². The van der Waals surface area contributed by atoms with Crippen molar-refractivity contribution >= 4 is 33.3 Å². The van der Waals surface area contributed by atoms with E-state index in [1.165, 1.54) is 6.07 Å². The van der Waals surface area contributed by atoms with E-state index in [-0.39, 0.29) is 4.47 Å². The Bertz CT molecular complexity index is 564. The van der Waals surface area contributed by atoms with Crippen LogP contribution in [0, 0.1) is 10.1 Å². The molecule has 0 heterocycles. The van der Waals surface area contributed by atoms with Crippen LogP contribution < -0.4 is 5.32 Å². The third kappa shape index (κ3) is 3.00. The van der Waals surface area contributed by atoms with Crippen LogP contribution in [0.5, 0.6) is 0 Å². The Morgan fingerprint density at radius 2 is 2.00 bits per heavy atom. The lowest BCUT2D eigenvalue weighted by Crippen LogP contribution is -2.55. The van der Waals surface area contributed by atoms with Crippen LogP contribution in [-0.4, -0.2) is 27.7 Å². The summed E-state index contributed by atoms with van der Waals surface area (Å²) in [4.78, 5) is 20.7. The molecule has 0 fully saturated rings. The lowest BCUT2D eigenvalue weighted by molar-refractivity contribution is -0.384. The minimum absolute atomic E-state index is 0.277. The number of halogens is 4. The summed E-state index contributed by atoms with van der Waals surface area (Å²) in [6, 6.07) is 3.23. The predicted molar refractivity (Wildman–Crippen MR) is 66.5 cm³/mol. The van der Waals surface area contributed by atoms with E-state index in [1.54, 1.807) is 5.32 Å². The smallest absolute Gasteiger partial charge is 0.422 e. The molecular weight excluding hydrogens is 349 g/mol. The Labute approximate surface area is 118 Å². The number of hydrogen-bond donors (Lipinski definition) is 2. The summed E-state index contributed by atoms with van der Waals surface area (Å²) in [5.41, 5.74) is -4.55. The normalized spacial score (nSPS) is 14.4. The molecule has 0 saturated carbocycles. The molecule has 0 aromatic heterocycles. The molecule has 110 valence electrons. The maximum Gasteiger partial charge on any atom is 0.422 e. The fourth-order valence-electron chi connectivity index (χ4n) is 1.28. The molecule has 0 spiro atoms. The first kappa shape index (κ1) is 16.2. The number of carboxylic acid groups (broad SMARTS) is 1. The van der Waals surface area contributed by atoms with Gasteiger partial charge in [0.15, 0.2) is 0 Å². The largest absolute Gasteiger partial charge is 0.479 e. The van der Waals surface area contributed by atoms with Crippen LogP contribution in [0.15, 0.2) is 22.7 Å². The highest BCUT2D eigenvalue weighted by atomic mass is 79.9. The average molecular weight is 357 g/mol. The molecule has 0 amide bonds. The maximum atomic E-state index is 12.8. The summed E-state index contributed by atoms with van der Waals surface area (Å²) in [6.07, 6.45) is -5.14. The molecule has 0 saturated heterocycles. The van der Waals surface area contributed by atoms with Gasteiger partial charge in [-0.15, -0.1) is 0 Å². The number of nitrogens with one attached hydrogen (secondary N) is 1. The van der Waals surface area contributed by atoms with Crippen molar-refractivity contribution in [2.45, 2.75) is 18.6 Å². The Hall–Kier alpha value is -1.84. The van der Waals surface area contributed by atoms with Crippen LogP contribution in [0.4, 0.5) is 24.5 Å². The summed E-state index contributed by atoms with van der Waals surface area (Å²) < 4.78 is 38.8. The lowest BCUT2D eigenvalue weighted by atomic mass is 10.0. The number of carbonyl (C=O) groups is 1. The molecular formula is C10H8BrF3N2O4. The van der Waals surface area contributed by atoms with E-state index in [9.17, 15) is 28.1 Å². The molecule has 1 rings (SSSR count).